The summed E-state index contributed by atoms with van der Waals surface area (Å²) in [6.45, 7) is 5.48. The van der Waals surface area contributed by atoms with Gasteiger partial charge in [0.05, 0.1) is 25.4 Å². The average molecular weight is 1130 g/mol. The van der Waals surface area contributed by atoms with E-state index in [0.717, 1.165) is 122 Å². The third-order valence-electron chi connectivity index (χ3n) is 13.9. The molecule has 8 unspecified atom stereocenters. The molecule has 0 spiro atoms. The number of carbonyl (C=O) groups excluding carboxylic acids is 2. The van der Waals surface area contributed by atoms with E-state index in [2.05, 4.69) is 111 Å². The van der Waals surface area contributed by atoms with Crippen molar-refractivity contribution >= 4 is 11.9 Å². The minimum Gasteiger partial charge on any atom is -0.454 e. The van der Waals surface area contributed by atoms with Gasteiger partial charge in [-0.25, -0.2) is 0 Å². The van der Waals surface area contributed by atoms with Crippen LogP contribution in [0, 0.1) is 0 Å². The molecule has 0 bridgehead atoms. The summed E-state index contributed by atoms with van der Waals surface area (Å²) in [6, 6.07) is -1.05. The molecule has 0 aromatic heterocycles. The van der Waals surface area contributed by atoms with Crippen molar-refractivity contribution in [3.63, 3.8) is 0 Å². The summed E-state index contributed by atoms with van der Waals surface area (Å²) >= 11 is 0. The lowest BCUT2D eigenvalue weighted by Gasteiger charge is -2.41. The molecule has 8 atom stereocenters. The number of hydrogen-bond donors (Lipinski definition) is 6. The average Bonchev–Trinajstić information content (AvgIpc) is 3.46. The number of nitrogens with one attached hydrogen (secondary N) is 1. The Morgan fingerprint density at radius 3 is 1.48 bits per heavy atom. The van der Waals surface area contributed by atoms with Crippen LogP contribution in [0.1, 0.15) is 220 Å². The lowest BCUT2D eigenvalue weighted by molar-refractivity contribution is -0.305. The lowest BCUT2D eigenvalue weighted by Crippen LogP contribution is -2.61. The minimum atomic E-state index is -1.64. The van der Waals surface area contributed by atoms with Gasteiger partial charge >= 0.3 is 5.97 Å². The van der Waals surface area contributed by atoms with Crippen molar-refractivity contribution < 1.29 is 49.3 Å². The number of aliphatic hydroxyl groups is 5. The van der Waals surface area contributed by atoms with Crippen LogP contribution in [0.4, 0.5) is 0 Å². The Labute approximate surface area is 492 Å². The number of carbonyl (C=O) groups is 2. The quantitative estimate of drug-likeness (QED) is 0.0149. The van der Waals surface area contributed by atoms with E-state index in [9.17, 15) is 35.1 Å². The summed E-state index contributed by atoms with van der Waals surface area (Å²) in [7, 11) is 0. The third kappa shape index (κ3) is 43.8. The molecule has 1 rings (SSSR count). The first-order valence-electron chi connectivity index (χ1n) is 31.7. The second-order valence-electron chi connectivity index (χ2n) is 21.1. The summed E-state index contributed by atoms with van der Waals surface area (Å²) in [5.41, 5.74) is 0. The normalized spacial score (nSPS) is 19.7. The maximum Gasteiger partial charge on any atom is 0.306 e. The van der Waals surface area contributed by atoms with Crippen LogP contribution in [0.3, 0.4) is 0 Å². The van der Waals surface area contributed by atoms with Gasteiger partial charge in [0.1, 0.15) is 24.4 Å². The highest BCUT2D eigenvalue weighted by Crippen LogP contribution is 2.26. The molecule has 458 valence electrons. The maximum absolute atomic E-state index is 13.5. The van der Waals surface area contributed by atoms with Gasteiger partial charge in [-0.15, -0.1) is 0 Å². The molecule has 11 nitrogen and oxygen atoms in total. The van der Waals surface area contributed by atoms with E-state index in [4.69, 9.17) is 14.2 Å². The van der Waals surface area contributed by atoms with Crippen LogP contribution in [0.2, 0.25) is 0 Å². The highest BCUT2D eigenvalue weighted by atomic mass is 16.7. The molecule has 0 radical (unpaired) electrons. The van der Waals surface area contributed by atoms with Crippen LogP contribution in [0.15, 0.2) is 146 Å². The van der Waals surface area contributed by atoms with Crippen molar-refractivity contribution in [2.75, 3.05) is 13.2 Å². The predicted octanol–water partition coefficient (Wildman–Crippen LogP) is 15.4. The smallest absolute Gasteiger partial charge is 0.306 e. The Hall–Kier alpha value is -4.46. The predicted molar refractivity (Wildman–Crippen MR) is 337 cm³/mol. The fourth-order valence-corrected chi connectivity index (χ4v) is 8.91. The fourth-order valence-electron chi connectivity index (χ4n) is 8.91. The van der Waals surface area contributed by atoms with E-state index in [-0.39, 0.29) is 19.4 Å². The van der Waals surface area contributed by atoms with Crippen LogP contribution in [0.25, 0.3) is 0 Å². The highest BCUT2D eigenvalue weighted by molar-refractivity contribution is 5.80. The number of rotatable bonds is 51. The van der Waals surface area contributed by atoms with Crippen molar-refractivity contribution in [3.8, 4) is 0 Å². The minimum absolute atomic E-state index is 0.0639. The van der Waals surface area contributed by atoms with E-state index >= 15 is 0 Å². The SMILES string of the molecule is CC/C=C\C/C=C\C/C=C\C/C=C\C/C=C\C/C=C\CCCCCCCC(O)C(=O)NC(COC1OC(CO)C(O)C(O)C1OC(=O)CCCCC/C=C/C=C\C=C/C=C/C=C/CC)C(O)/C=C/CCCCCCCCCCCCC. The zero-order chi connectivity index (χ0) is 58.9. The van der Waals surface area contributed by atoms with E-state index < -0.39 is 67.4 Å². The molecule has 1 amide bonds. The van der Waals surface area contributed by atoms with Crippen LogP contribution in [-0.4, -0.2) is 99.6 Å². The number of esters is 1. The molecule has 0 aromatic carbocycles. The molecule has 1 aliphatic heterocycles. The number of hydrogen-bond acceptors (Lipinski definition) is 10. The first kappa shape index (κ1) is 74.6. The van der Waals surface area contributed by atoms with Crippen molar-refractivity contribution in [2.45, 2.75) is 269 Å². The molecule has 1 aliphatic rings. The Morgan fingerprint density at radius 1 is 0.506 bits per heavy atom. The second-order valence-corrected chi connectivity index (χ2v) is 21.1. The zero-order valence-electron chi connectivity index (χ0n) is 50.6. The van der Waals surface area contributed by atoms with Crippen LogP contribution in [-0.2, 0) is 23.8 Å². The summed E-state index contributed by atoms with van der Waals surface area (Å²) in [5.74, 6) is -1.27. The van der Waals surface area contributed by atoms with E-state index in [1.54, 1.807) is 6.08 Å². The van der Waals surface area contributed by atoms with E-state index in [1.165, 1.54) is 51.4 Å². The maximum atomic E-state index is 13.5. The van der Waals surface area contributed by atoms with Gasteiger partial charge in [0.2, 0.25) is 5.91 Å². The molecule has 0 aliphatic carbocycles. The molecule has 1 saturated heterocycles. The van der Waals surface area contributed by atoms with Gasteiger partial charge in [0.15, 0.2) is 12.4 Å². The lowest BCUT2D eigenvalue weighted by atomic mass is 9.99. The van der Waals surface area contributed by atoms with Crippen molar-refractivity contribution in [3.05, 3.63) is 146 Å². The van der Waals surface area contributed by atoms with Crippen molar-refractivity contribution in [1.29, 1.82) is 0 Å². The highest BCUT2D eigenvalue weighted by Gasteiger charge is 2.47. The van der Waals surface area contributed by atoms with Gasteiger partial charge < -0.3 is 45.1 Å². The number of aliphatic hydroxyl groups excluding tert-OH is 5. The summed E-state index contributed by atoms with van der Waals surface area (Å²) in [6.07, 6.45) is 70.2. The first-order chi connectivity index (χ1) is 39.7. The van der Waals surface area contributed by atoms with Gasteiger partial charge in [-0.1, -0.05) is 263 Å². The van der Waals surface area contributed by atoms with Gasteiger partial charge in [0, 0.05) is 6.42 Å². The van der Waals surface area contributed by atoms with Crippen molar-refractivity contribution in [1.82, 2.24) is 5.32 Å². The standard InChI is InChI=1S/C70H113NO10/c1-4-7-10-13-16-19-22-25-27-28-29-30-31-32-33-34-35-37-39-42-45-48-51-54-57-63(74)69(78)71-61(62(73)56-53-50-47-44-41-38-24-21-18-15-12-9-6-3)60-79-70-68(67(77)66(76)64(59-72)80-70)81-65(75)58-55-52-49-46-43-40-36-26-23-20-17-14-11-8-5-2/h7-8,10-11,14,16-17,19-20,23,25-27,29-30,32-33,35-37,40,43,53,56,61-64,66-68,70,72-74,76-77H,4-6,9,12-13,15,18,21-22,24,28,31,34,38-39,41-42,44-52,54-55,57-60H2,1-3H3,(H,71,78)/b10-7-,11-8+,17-14+,19-16-,23-20-,27-25-,30-29-,33-32-,36-26-,37-35-,43-40+,56-53+. The Morgan fingerprint density at radius 2 is 0.951 bits per heavy atom. The zero-order valence-corrected chi connectivity index (χ0v) is 50.6. The molecule has 0 saturated carbocycles. The molecule has 81 heavy (non-hydrogen) atoms. The van der Waals surface area contributed by atoms with E-state index in [1.807, 2.05) is 54.7 Å². The van der Waals surface area contributed by atoms with Gasteiger partial charge in [-0.05, 0) is 96.3 Å². The molecular formula is C70H113NO10. The van der Waals surface area contributed by atoms with Crippen LogP contribution < -0.4 is 5.32 Å². The monoisotopic (exact) mass is 1130 g/mol. The van der Waals surface area contributed by atoms with Crippen LogP contribution in [0.5, 0.6) is 0 Å². The number of allylic oxidation sites excluding steroid dienone is 23. The number of unbranched alkanes of at least 4 members (excludes halogenated alkanes) is 19. The Balaban J connectivity index is 2.71. The first-order valence-corrected chi connectivity index (χ1v) is 31.7. The largest absolute Gasteiger partial charge is 0.454 e. The number of amides is 1. The number of ether oxygens (including phenoxy) is 3. The van der Waals surface area contributed by atoms with E-state index in [0.29, 0.717) is 12.8 Å². The Kier molecular flexibility index (Phi) is 51.6. The van der Waals surface area contributed by atoms with Crippen molar-refractivity contribution in [2.24, 2.45) is 0 Å². The third-order valence-corrected chi connectivity index (χ3v) is 13.9. The summed E-state index contributed by atoms with van der Waals surface area (Å²) in [5, 5.41) is 57.0. The molecule has 6 N–H and O–H groups in total. The molecule has 11 heteroatoms. The summed E-state index contributed by atoms with van der Waals surface area (Å²) in [4.78, 5) is 26.6. The molecular weight excluding hydrogens is 1010 g/mol. The Bertz CT molecular complexity index is 1870. The topological polar surface area (TPSA) is 175 Å². The van der Waals surface area contributed by atoms with Gasteiger partial charge in [0.25, 0.3) is 0 Å². The van der Waals surface area contributed by atoms with Crippen LogP contribution >= 0.6 is 0 Å². The second kappa shape index (κ2) is 56.0. The molecule has 1 heterocycles. The fraction of sp³-hybridized carbons (Fsp3) is 0.629. The van der Waals surface area contributed by atoms with Gasteiger partial charge in [-0.2, -0.15) is 0 Å². The molecule has 1 fully saturated rings. The van der Waals surface area contributed by atoms with Gasteiger partial charge in [-0.3, -0.25) is 9.59 Å². The molecule has 0 aromatic rings. The summed E-state index contributed by atoms with van der Waals surface area (Å²) < 4.78 is 17.6.